The van der Waals surface area contributed by atoms with E-state index in [2.05, 4.69) is 23.9 Å². The molecule has 2 aromatic carbocycles. The second-order valence-corrected chi connectivity index (χ2v) is 6.37. The predicted octanol–water partition coefficient (Wildman–Crippen LogP) is 1.77. The lowest BCUT2D eigenvalue weighted by Crippen LogP contribution is -2.30. The van der Waals surface area contributed by atoms with Crippen molar-refractivity contribution in [3.63, 3.8) is 0 Å². The minimum atomic E-state index is -4.67. The van der Waals surface area contributed by atoms with Crippen LogP contribution in [0, 0.1) is 0 Å². The highest BCUT2D eigenvalue weighted by Gasteiger charge is 2.04. The maximum atomic E-state index is 8.74. The molecule has 0 amide bonds. The number of hydrogen-bond acceptors (Lipinski definition) is 6. The van der Waals surface area contributed by atoms with Gasteiger partial charge in [-0.2, -0.15) is 8.42 Å². The van der Waals surface area contributed by atoms with E-state index in [0.717, 1.165) is 24.5 Å². The fraction of sp³-hybridized carbons (Fsp3) is 0.250. The first-order valence-electron chi connectivity index (χ1n) is 7.39. The van der Waals surface area contributed by atoms with Crippen molar-refractivity contribution in [3.8, 4) is 0 Å². The van der Waals surface area contributed by atoms with Crippen molar-refractivity contribution in [2.45, 2.75) is 0 Å². The van der Waals surface area contributed by atoms with Gasteiger partial charge in [0.05, 0.1) is 0 Å². The van der Waals surface area contributed by atoms with Crippen LogP contribution in [0.3, 0.4) is 0 Å². The molecule has 0 fully saturated rings. The number of rotatable bonds is 5. The Hall–Kier alpha value is -2.49. The predicted molar refractivity (Wildman–Crippen MR) is 102 cm³/mol. The monoisotopic (exact) mass is 368 g/mol. The molecule has 25 heavy (non-hydrogen) atoms. The Morgan fingerprint density at radius 3 is 1.24 bits per heavy atom. The number of nitrogens with two attached hydrogens (primary N) is 2. The van der Waals surface area contributed by atoms with Gasteiger partial charge in [-0.1, -0.05) is 0 Å². The first kappa shape index (κ1) is 20.6. The van der Waals surface area contributed by atoms with Crippen molar-refractivity contribution in [1.82, 2.24) is 0 Å². The molecule has 9 heteroatoms. The normalized spacial score (nSPS) is 10.6. The van der Waals surface area contributed by atoms with Gasteiger partial charge in [-0.25, -0.2) is 0 Å². The largest absolute Gasteiger partial charge is 0.399 e. The summed E-state index contributed by atoms with van der Waals surface area (Å²) >= 11 is 0. The van der Waals surface area contributed by atoms with Gasteiger partial charge in [-0.05, 0) is 48.5 Å². The van der Waals surface area contributed by atoms with Crippen LogP contribution in [0.2, 0.25) is 0 Å². The lowest BCUT2D eigenvalue weighted by molar-refractivity contribution is 0.381. The van der Waals surface area contributed by atoms with E-state index in [1.165, 1.54) is 11.4 Å². The van der Waals surface area contributed by atoms with Crippen molar-refractivity contribution in [1.29, 1.82) is 0 Å². The van der Waals surface area contributed by atoms with Crippen LogP contribution in [0.4, 0.5) is 22.7 Å². The molecule has 0 spiro atoms. The minimum absolute atomic E-state index is 0.793. The number of nitrogen functional groups attached to an aromatic ring is 2. The summed E-state index contributed by atoms with van der Waals surface area (Å²) in [5.74, 6) is 0. The van der Waals surface area contributed by atoms with E-state index in [1.807, 2.05) is 48.5 Å². The van der Waals surface area contributed by atoms with Crippen LogP contribution in [-0.4, -0.2) is 44.7 Å². The molecule has 2 rings (SSSR count). The number of anilines is 4. The summed E-state index contributed by atoms with van der Waals surface area (Å²) in [6, 6.07) is 15.9. The average molecular weight is 368 g/mol. The number of hydrogen-bond donors (Lipinski definition) is 4. The molecule has 0 unspecified atom stereocenters. The molecule has 2 aromatic rings. The van der Waals surface area contributed by atoms with Gasteiger partial charge in [0.15, 0.2) is 0 Å². The topological polar surface area (TPSA) is 133 Å². The smallest absolute Gasteiger partial charge is 0.394 e. The highest BCUT2D eigenvalue weighted by Crippen LogP contribution is 2.17. The van der Waals surface area contributed by atoms with Gasteiger partial charge in [0.2, 0.25) is 0 Å². The molecule has 0 atom stereocenters. The summed E-state index contributed by atoms with van der Waals surface area (Å²) in [6.45, 7) is 1.87. The van der Waals surface area contributed by atoms with Crippen molar-refractivity contribution < 1.29 is 17.5 Å². The van der Waals surface area contributed by atoms with Crippen molar-refractivity contribution in [2.24, 2.45) is 0 Å². The summed E-state index contributed by atoms with van der Waals surface area (Å²) in [5, 5.41) is 0. The third kappa shape index (κ3) is 8.80. The van der Waals surface area contributed by atoms with Crippen molar-refractivity contribution in [3.05, 3.63) is 48.5 Å². The van der Waals surface area contributed by atoms with Gasteiger partial charge in [-0.15, -0.1) is 0 Å². The molecule has 0 bridgehead atoms. The molecule has 0 aromatic heterocycles. The number of benzene rings is 2. The van der Waals surface area contributed by atoms with E-state index in [4.69, 9.17) is 29.0 Å². The molecule has 138 valence electrons. The Labute approximate surface area is 148 Å². The summed E-state index contributed by atoms with van der Waals surface area (Å²) < 4.78 is 31.6. The second kappa shape index (κ2) is 9.11. The molecule has 8 nitrogen and oxygen atoms in total. The Bertz CT molecular complexity index is 689. The van der Waals surface area contributed by atoms with Crippen LogP contribution in [0.5, 0.6) is 0 Å². The van der Waals surface area contributed by atoms with Crippen LogP contribution in [0.1, 0.15) is 0 Å². The van der Waals surface area contributed by atoms with Gasteiger partial charge in [0.25, 0.3) is 0 Å². The molecule has 0 radical (unpaired) electrons. The molecule has 0 aliphatic heterocycles. The Kier molecular flexibility index (Phi) is 7.49. The van der Waals surface area contributed by atoms with Gasteiger partial charge in [0, 0.05) is 49.9 Å². The van der Waals surface area contributed by atoms with Gasteiger partial charge in [-0.3, -0.25) is 9.11 Å². The van der Waals surface area contributed by atoms with Gasteiger partial charge >= 0.3 is 10.4 Å². The van der Waals surface area contributed by atoms with Crippen LogP contribution in [-0.2, 0) is 10.4 Å². The Morgan fingerprint density at radius 2 is 1.00 bits per heavy atom. The number of nitrogens with zero attached hydrogens (tertiary/aromatic N) is 2. The third-order valence-corrected chi connectivity index (χ3v) is 3.44. The van der Waals surface area contributed by atoms with Crippen molar-refractivity contribution >= 4 is 33.1 Å². The zero-order chi connectivity index (χ0) is 19.0. The maximum Gasteiger partial charge on any atom is 0.394 e. The SMILES string of the molecule is CN(CCN(C)c1ccc(N)cc1)c1ccc(N)cc1.O=S(=O)(O)O. The zero-order valence-corrected chi connectivity index (χ0v) is 15.0. The van der Waals surface area contributed by atoms with E-state index >= 15 is 0 Å². The molecular formula is C16H24N4O4S. The Morgan fingerprint density at radius 1 is 0.760 bits per heavy atom. The zero-order valence-electron chi connectivity index (χ0n) is 14.2. The van der Waals surface area contributed by atoms with Crippen LogP contribution in [0.15, 0.2) is 48.5 Å². The first-order chi connectivity index (χ1) is 11.6. The molecular weight excluding hydrogens is 344 g/mol. The highest BCUT2D eigenvalue weighted by atomic mass is 32.3. The van der Waals surface area contributed by atoms with E-state index in [0.29, 0.717) is 0 Å². The van der Waals surface area contributed by atoms with Crippen LogP contribution in [0.25, 0.3) is 0 Å². The van der Waals surface area contributed by atoms with Crippen LogP contribution < -0.4 is 21.3 Å². The molecule has 0 saturated heterocycles. The first-order valence-corrected chi connectivity index (χ1v) is 8.79. The summed E-state index contributed by atoms with van der Waals surface area (Å²) in [5.41, 5.74) is 15.3. The molecule has 0 aliphatic carbocycles. The lowest BCUT2D eigenvalue weighted by Gasteiger charge is -2.25. The quantitative estimate of drug-likeness (QED) is 0.463. The molecule has 0 aliphatic rings. The number of likely N-dealkylation sites (N-methyl/N-ethyl adjacent to an activating group) is 2. The minimum Gasteiger partial charge on any atom is -0.399 e. The standard InChI is InChI=1S/C16H22N4.H2O4S/c1-19(15-7-3-13(17)4-8-15)11-12-20(2)16-9-5-14(18)6-10-16;1-5(2,3)4/h3-10H,11-12,17-18H2,1-2H3;(H2,1,2,3,4). The summed E-state index contributed by atoms with van der Waals surface area (Å²) in [6.07, 6.45) is 0. The fourth-order valence-electron chi connectivity index (χ4n) is 2.02. The molecule has 0 heterocycles. The average Bonchev–Trinajstić information content (AvgIpc) is 2.52. The van der Waals surface area contributed by atoms with Gasteiger partial charge < -0.3 is 21.3 Å². The maximum absolute atomic E-state index is 8.74. The lowest BCUT2D eigenvalue weighted by atomic mass is 10.2. The third-order valence-electron chi connectivity index (χ3n) is 3.44. The van der Waals surface area contributed by atoms with E-state index in [1.54, 1.807) is 0 Å². The summed E-state index contributed by atoms with van der Waals surface area (Å²) in [7, 11) is -0.495. The second-order valence-electron chi connectivity index (χ2n) is 5.47. The van der Waals surface area contributed by atoms with Crippen molar-refractivity contribution in [2.75, 3.05) is 48.5 Å². The molecule has 6 N–H and O–H groups in total. The van der Waals surface area contributed by atoms with E-state index in [-0.39, 0.29) is 0 Å². The van der Waals surface area contributed by atoms with E-state index in [9.17, 15) is 0 Å². The fourth-order valence-corrected chi connectivity index (χ4v) is 2.02. The molecule has 0 saturated carbocycles. The Balaban J connectivity index is 0.000000550. The van der Waals surface area contributed by atoms with Gasteiger partial charge in [0.1, 0.15) is 0 Å². The van der Waals surface area contributed by atoms with Crippen LogP contribution >= 0.6 is 0 Å². The highest BCUT2D eigenvalue weighted by molar-refractivity contribution is 7.79. The summed E-state index contributed by atoms with van der Waals surface area (Å²) in [4.78, 5) is 4.43. The van der Waals surface area contributed by atoms with E-state index < -0.39 is 10.4 Å².